The maximum Gasteiger partial charge on any atom is 0.263 e. The van der Waals surface area contributed by atoms with E-state index in [2.05, 4.69) is 9.71 Å². The number of carbonyl (C=O) groups is 1. The number of anilines is 1. The number of nitrogens with one attached hydrogen (secondary N) is 1. The number of halogens is 1. The van der Waals surface area contributed by atoms with Gasteiger partial charge in [-0.05, 0) is 30.3 Å². The normalized spacial score (nSPS) is 11.1. The van der Waals surface area contributed by atoms with Gasteiger partial charge in [0.2, 0.25) is 5.91 Å². The van der Waals surface area contributed by atoms with E-state index in [-0.39, 0.29) is 21.3 Å². The predicted octanol–water partition coefficient (Wildman–Crippen LogP) is 1.63. The minimum absolute atomic E-state index is 0.0358. The number of nitrogens with zero attached hydrogens (tertiary/aromatic N) is 1. The Balaban J connectivity index is 2.31. The van der Waals surface area contributed by atoms with E-state index in [1.807, 2.05) is 0 Å². The molecule has 0 aliphatic heterocycles. The Morgan fingerprint density at radius 2 is 2.00 bits per heavy atom. The van der Waals surface area contributed by atoms with Crippen LogP contribution >= 0.6 is 11.6 Å². The smallest absolute Gasteiger partial charge is 0.263 e. The van der Waals surface area contributed by atoms with E-state index in [0.717, 1.165) is 6.20 Å². The zero-order chi connectivity index (χ0) is 14.8. The summed E-state index contributed by atoms with van der Waals surface area (Å²) in [6.07, 6.45) is 1.14. The molecule has 3 N–H and O–H groups in total. The highest BCUT2D eigenvalue weighted by molar-refractivity contribution is 7.92. The van der Waals surface area contributed by atoms with Crippen LogP contribution in [0.15, 0.2) is 47.5 Å². The summed E-state index contributed by atoms with van der Waals surface area (Å²) in [5.41, 5.74) is 5.57. The Hall–Kier alpha value is -2.12. The van der Waals surface area contributed by atoms with Gasteiger partial charge in [-0.25, -0.2) is 13.4 Å². The van der Waals surface area contributed by atoms with E-state index in [0.29, 0.717) is 0 Å². The molecular formula is C12H10ClN3O3S. The molecule has 1 aromatic carbocycles. The zero-order valence-electron chi connectivity index (χ0n) is 10.1. The predicted molar refractivity (Wildman–Crippen MR) is 75.0 cm³/mol. The number of nitrogens with two attached hydrogens (primary N) is 1. The van der Waals surface area contributed by atoms with E-state index < -0.39 is 15.9 Å². The molecule has 0 saturated heterocycles. The molecule has 1 amide bonds. The van der Waals surface area contributed by atoms with E-state index in [4.69, 9.17) is 17.3 Å². The molecule has 0 spiro atoms. The maximum atomic E-state index is 12.1. The molecule has 6 nitrogen and oxygen atoms in total. The highest BCUT2D eigenvalue weighted by atomic mass is 35.5. The summed E-state index contributed by atoms with van der Waals surface area (Å²) in [7, 11) is -3.80. The van der Waals surface area contributed by atoms with Gasteiger partial charge in [0.1, 0.15) is 10.0 Å². The first-order chi connectivity index (χ1) is 9.38. The number of rotatable bonds is 4. The number of pyridine rings is 1. The van der Waals surface area contributed by atoms with Gasteiger partial charge in [0, 0.05) is 17.4 Å². The molecule has 20 heavy (non-hydrogen) atoms. The minimum Gasteiger partial charge on any atom is -0.366 e. The first-order valence-electron chi connectivity index (χ1n) is 5.43. The van der Waals surface area contributed by atoms with Crippen LogP contribution in [0.1, 0.15) is 10.4 Å². The highest BCUT2D eigenvalue weighted by Gasteiger charge is 2.15. The topological polar surface area (TPSA) is 102 Å². The van der Waals surface area contributed by atoms with Gasteiger partial charge in [-0.2, -0.15) is 0 Å². The van der Waals surface area contributed by atoms with Crippen LogP contribution in [0.2, 0.25) is 5.15 Å². The van der Waals surface area contributed by atoms with Crippen LogP contribution in [0.25, 0.3) is 0 Å². The van der Waals surface area contributed by atoms with Crippen LogP contribution < -0.4 is 10.5 Å². The van der Waals surface area contributed by atoms with E-state index >= 15 is 0 Å². The number of amides is 1. The second kappa shape index (κ2) is 5.48. The number of hydrogen-bond donors (Lipinski definition) is 2. The first kappa shape index (κ1) is 14.3. The summed E-state index contributed by atoms with van der Waals surface area (Å²) in [6.45, 7) is 0. The lowest BCUT2D eigenvalue weighted by atomic mass is 10.2. The van der Waals surface area contributed by atoms with Crippen molar-refractivity contribution < 1.29 is 13.2 Å². The van der Waals surface area contributed by atoms with Gasteiger partial charge in [-0.3, -0.25) is 9.52 Å². The van der Waals surface area contributed by atoms with Crippen molar-refractivity contribution in [2.45, 2.75) is 4.90 Å². The molecule has 0 fully saturated rings. The largest absolute Gasteiger partial charge is 0.366 e. The Labute approximate surface area is 120 Å². The molecule has 0 radical (unpaired) electrons. The molecule has 1 aromatic heterocycles. The van der Waals surface area contributed by atoms with Crippen molar-refractivity contribution in [2.24, 2.45) is 5.73 Å². The molecule has 1 heterocycles. The molecule has 0 aliphatic carbocycles. The number of carbonyl (C=O) groups excluding carboxylic acids is 1. The van der Waals surface area contributed by atoms with Crippen molar-refractivity contribution in [3.63, 3.8) is 0 Å². The van der Waals surface area contributed by atoms with Crippen LogP contribution in [0.3, 0.4) is 0 Å². The quantitative estimate of drug-likeness (QED) is 0.838. The third-order valence-electron chi connectivity index (χ3n) is 2.41. The lowest BCUT2D eigenvalue weighted by molar-refractivity contribution is 0.100. The SMILES string of the molecule is NC(=O)c1cccc(NS(=O)(=O)c2ccc(Cl)nc2)c1. The van der Waals surface area contributed by atoms with E-state index in [1.165, 1.54) is 36.4 Å². The van der Waals surface area contributed by atoms with E-state index in [9.17, 15) is 13.2 Å². The Bertz CT molecular complexity index is 745. The second-order valence-electron chi connectivity index (χ2n) is 3.87. The van der Waals surface area contributed by atoms with Crippen LogP contribution in [0, 0.1) is 0 Å². The molecule has 0 saturated carbocycles. The van der Waals surface area contributed by atoms with Crippen molar-refractivity contribution in [1.29, 1.82) is 0 Å². The fraction of sp³-hybridized carbons (Fsp3) is 0. The summed E-state index contributed by atoms with van der Waals surface area (Å²) >= 11 is 5.60. The molecule has 2 rings (SSSR count). The van der Waals surface area contributed by atoms with Gasteiger partial charge in [-0.1, -0.05) is 17.7 Å². The Morgan fingerprint density at radius 1 is 1.25 bits per heavy atom. The Morgan fingerprint density at radius 3 is 2.60 bits per heavy atom. The van der Waals surface area contributed by atoms with Crippen LogP contribution in [-0.2, 0) is 10.0 Å². The lowest BCUT2D eigenvalue weighted by Crippen LogP contribution is -2.15. The van der Waals surface area contributed by atoms with Crippen molar-refractivity contribution in [2.75, 3.05) is 4.72 Å². The number of benzene rings is 1. The molecule has 0 unspecified atom stereocenters. The van der Waals surface area contributed by atoms with Crippen LogP contribution in [0.5, 0.6) is 0 Å². The molecule has 8 heteroatoms. The standard InChI is InChI=1S/C12H10ClN3O3S/c13-11-5-4-10(7-15-11)20(18,19)16-9-3-1-2-8(6-9)12(14)17/h1-7,16H,(H2,14,17). The summed E-state index contributed by atoms with van der Waals surface area (Å²) in [6, 6.07) is 8.57. The van der Waals surface area contributed by atoms with Crippen LogP contribution in [-0.4, -0.2) is 19.3 Å². The number of sulfonamides is 1. The number of aromatic nitrogens is 1. The monoisotopic (exact) mass is 311 g/mol. The van der Waals surface area contributed by atoms with Gasteiger partial charge in [-0.15, -0.1) is 0 Å². The third kappa shape index (κ3) is 3.25. The lowest BCUT2D eigenvalue weighted by Gasteiger charge is -2.08. The van der Waals surface area contributed by atoms with Crippen molar-refractivity contribution in [3.8, 4) is 0 Å². The van der Waals surface area contributed by atoms with E-state index in [1.54, 1.807) is 0 Å². The molecule has 2 aromatic rings. The van der Waals surface area contributed by atoms with Crippen molar-refractivity contribution in [3.05, 3.63) is 53.3 Å². The van der Waals surface area contributed by atoms with Gasteiger partial charge in [0.05, 0.1) is 0 Å². The molecule has 0 aliphatic rings. The summed E-state index contributed by atoms with van der Waals surface area (Å²) in [5, 5.41) is 0.194. The summed E-state index contributed by atoms with van der Waals surface area (Å²) in [5.74, 6) is -0.640. The van der Waals surface area contributed by atoms with Crippen molar-refractivity contribution in [1.82, 2.24) is 4.98 Å². The molecule has 0 atom stereocenters. The fourth-order valence-corrected chi connectivity index (χ4v) is 2.58. The minimum atomic E-state index is -3.80. The first-order valence-corrected chi connectivity index (χ1v) is 7.29. The zero-order valence-corrected chi connectivity index (χ0v) is 11.6. The van der Waals surface area contributed by atoms with Gasteiger partial charge < -0.3 is 5.73 Å². The third-order valence-corrected chi connectivity index (χ3v) is 4.00. The van der Waals surface area contributed by atoms with Crippen LogP contribution in [0.4, 0.5) is 5.69 Å². The average molecular weight is 312 g/mol. The molecular weight excluding hydrogens is 302 g/mol. The summed E-state index contributed by atoms with van der Waals surface area (Å²) in [4.78, 5) is 14.7. The number of primary amides is 1. The average Bonchev–Trinajstić information content (AvgIpc) is 2.39. The molecule has 104 valence electrons. The molecule has 0 bridgehead atoms. The maximum absolute atomic E-state index is 12.1. The number of hydrogen-bond acceptors (Lipinski definition) is 4. The second-order valence-corrected chi connectivity index (χ2v) is 5.94. The van der Waals surface area contributed by atoms with Gasteiger partial charge >= 0.3 is 0 Å². The summed E-state index contributed by atoms with van der Waals surface area (Å²) < 4.78 is 26.5. The van der Waals surface area contributed by atoms with Gasteiger partial charge in [0.15, 0.2) is 0 Å². The highest BCUT2D eigenvalue weighted by Crippen LogP contribution is 2.17. The van der Waals surface area contributed by atoms with Gasteiger partial charge in [0.25, 0.3) is 10.0 Å². The fourth-order valence-electron chi connectivity index (χ4n) is 1.47. The Kier molecular flexibility index (Phi) is 3.91. The van der Waals surface area contributed by atoms with Crippen molar-refractivity contribution >= 4 is 33.2 Å².